The lowest BCUT2D eigenvalue weighted by molar-refractivity contribution is 0.0513. The van der Waals surface area contributed by atoms with Crippen molar-refractivity contribution in [2.24, 2.45) is 0 Å². The summed E-state index contributed by atoms with van der Waals surface area (Å²) in [6.07, 6.45) is 1.33. The Morgan fingerprint density at radius 3 is 2.75 bits per heavy atom. The number of nitrogens with zero attached hydrogens (tertiary/aromatic N) is 2. The molecular formula is C10H15N3O3. The Morgan fingerprint density at radius 2 is 2.25 bits per heavy atom. The number of carbonyl (C=O) groups is 1. The van der Waals surface area contributed by atoms with Crippen molar-refractivity contribution in [2.75, 3.05) is 12.3 Å². The van der Waals surface area contributed by atoms with Gasteiger partial charge in [0.15, 0.2) is 11.5 Å². The predicted molar refractivity (Wildman–Crippen MR) is 57.6 cm³/mol. The summed E-state index contributed by atoms with van der Waals surface area (Å²) >= 11 is 0. The van der Waals surface area contributed by atoms with Crippen LogP contribution in [-0.2, 0) is 10.3 Å². The van der Waals surface area contributed by atoms with Crippen LogP contribution in [0.25, 0.3) is 0 Å². The summed E-state index contributed by atoms with van der Waals surface area (Å²) in [7, 11) is 0. The van der Waals surface area contributed by atoms with Crippen molar-refractivity contribution in [1.29, 1.82) is 0 Å². The number of nitrogens with two attached hydrogens (primary N) is 1. The third kappa shape index (κ3) is 2.66. The molecule has 0 aliphatic heterocycles. The minimum absolute atomic E-state index is 0.00792. The van der Waals surface area contributed by atoms with Crippen molar-refractivity contribution < 1.29 is 14.6 Å². The summed E-state index contributed by atoms with van der Waals surface area (Å²) in [5, 5.41) is 9.72. The Balaban J connectivity index is 3.14. The van der Waals surface area contributed by atoms with Gasteiger partial charge in [-0.1, -0.05) is 0 Å². The van der Waals surface area contributed by atoms with Gasteiger partial charge in [0.05, 0.1) is 18.5 Å². The first-order valence-corrected chi connectivity index (χ1v) is 4.88. The van der Waals surface area contributed by atoms with E-state index in [1.54, 1.807) is 20.8 Å². The van der Waals surface area contributed by atoms with Crippen molar-refractivity contribution in [3.8, 4) is 0 Å². The van der Waals surface area contributed by atoms with E-state index in [0.29, 0.717) is 0 Å². The lowest BCUT2D eigenvalue weighted by atomic mass is 10.1. The maximum atomic E-state index is 11.5. The van der Waals surface area contributed by atoms with Gasteiger partial charge in [-0.2, -0.15) is 0 Å². The molecule has 1 aromatic rings. The van der Waals surface area contributed by atoms with Gasteiger partial charge in [0.25, 0.3) is 0 Å². The van der Waals surface area contributed by atoms with Crippen LogP contribution in [0.15, 0.2) is 6.20 Å². The molecule has 6 nitrogen and oxygen atoms in total. The molecule has 0 atom stereocenters. The molecule has 0 aliphatic rings. The highest BCUT2D eigenvalue weighted by molar-refractivity contribution is 5.91. The van der Waals surface area contributed by atoms with E-state index in [1.165, 1.54) is 6.20 Å². The molecule has 0 aromatic carbocycles. The van der Waals surface area contributed by atoms with Gasteiger partial charge in [-0.15, -0.1) is 0 Å². The van der Waals surface area contributed by atoms with Gasteiger partial charge in [0, 0.05) is 0 Å². The number of carbonyl (C=O) groups excluding carboxylic acids is 1. The zero-order valence-corrected chi connectivity index (χ0v) is 9.52. The van der Waals surface area contributed by atoms with Crippen LogP contribution >= 0.6 is 0 Å². The maximum Gasteiger partial charge on any atom is 0.360 e. The van der Waals surface area contributed by atoms with Crippen molar-refractivity contribution in [2.45, 2.75) is 26.4 Å². The zero-order chi connectivity index (χ0) is 12.3. The summed E-state index contributed by atoms with van der Waals surface area (Å²) in [5.41, 5.74) is 4.53. The minimum atomic E-state index is -1.18. The monoisotopic (exact) mass is 225 g/mol. The minimum Gasteiger partial charge on any atom is -0.461 e. The van der Waals surface area contributed by atoms with Crippen LogP contribution in [0.3, 0.4) is 0 Å². The van der Waals surface area contributed by atoms with Crippen molar-refractivity contribution in [1.82, 2.24) is 9.97 Å². The molecule has 0 saturated carbocycles. The third-order valence-corrected chi connectivity index (χ3v) is 1.90. The molecule has 3 N–H and O–H groups in total. The summed E-state index contributed by atoms with van der Waals surface area (Å²) in [6.45, 7) is 5.00. The lowest BCUT2D eigenvalue weighted by Crippen LogP contribution is -2.21. The van der Waals surface area contributed by atoms with Crippen LogP contribution < -0.4 is 5.73 Å². The van der Waals surface area contributed by atoms with Gasteiger partial charge in [-0.05, 0) is 20.8 Å². The number of ether oxygens (including phenoxy) is 1. The molecule has 0 amide bonds. The molecule has 0 bridgehead atoms. The number of rotatable bonds is 3. The Labute approximate surface area is 93.5 Å². The molecule has 1 rings (SSSR count). The smallest absolute Gasteiger partial charge is 0.360 e. The zero-order valence-electron chi connectivity index (χ0n) is 9.52. The number of aromatic nitrogens is 2. The van der Waals surface area contributed by atoms with E-state index in [2.05, 4.69) is 9.97 Å². The highest BCUT2D eigenvalue weighted by Crippen LogP contribution is 2.18. The Hall–Kier alpha value is -1.69. The molecule has 0 unspecified atom stereocenters. The van der Waals surface area contributed by atoms with Gasteiger partial charge in [-0.25, -0.2) is 14.8 Å². The number of anilines is 1. The molecule has 1 aromatic heterocycles. The normalized spacial score (nSPS) is 11.2. The first-order valence-electron chi connectivity index (χ1n) is 4.88. The summed E-state index contributed by atoms with van der Waals surface area (Å²) in [6, 6.07) is 0. The third-order valence-electron chi connectivity index (χ3n) is 1.90. The van der Waals surface area contributed by atoms with E-state index < -0.39 is 11.6 Å². The average molecular weight is 225 g/mol. The highest BCUT2D eigenvalue weighted by Gasteiger charge is 2.22. The SMILES string of the molecule is CCOC(=O)c1nc(C(C)(C)O)cnc1N. The lowest BCUT2D eigenvalue weighted by Gasteiger charge is -2.16. The second-order valence-electron chi connectivity index (χ2n) is 3.77. The molecule has 16 heavy (non-hydrogen) atoms. The molecule has 6 heteroatoms. The van der Waals surface area contributed by atoms with E-state index in [4.69, 9.17) is 10.5 Å². The van der Waals surface area contributed by atoms with Crippen molar-refractivity contribution in [3.05, 3.63) is 17.6 Å². The van der Waals surface area contributed by atoms with E-state index in [1.807, 2.05) is 0 Å². The Kier molecular flexibility index (Phi) is 3.44. The standard InChI is InChI=1S/C10H15N3O3/c1-4-16-9(14)7-8(11)12-5-6(13-7)10(2,3)15/h5,15H,4H2,1-3H3,(H2,11,12). The summed E-state index contributed by atoms with van der Waals surface area (Å²) in [4.78, 5) is 19.2. The average Bonchev–Trinajstić information content (AvgIpc) is 2.16. The fourth-order valence-corrected chi connectivity index (χ4v) is 1.04. The van der Waals surface area contributed by atoms with Crippen LogP contribution in [0.2, 0.25) is 0 Å². The maximum absolute atomic E-state index is 11.5. The second kappa shape index (κ2) is 4.44. The van der Waals surface area contributed by atoms with Crippen LogP contribution in [0, 0.1) is 0 Å². The number of hydrogen-bond donors (Lipinski definition) is 2. The first kappa shape index (κ1) is 12.4. The molecule has 0 fully saturated rings. The van der Waals surface area contributed by atoms with Crippen molar-refractivity contribution in [3.63, 3.8) is 0 Å². The van der Waals surface area contributed by atoms with Gasteiger partial charge in [0.2, 0.25) is 0 Å². The van der Waals surface area contributed by atoms with Crippen LogP contribution in [0.1, 0.15) is 37.0 Å². The highest BCUT2D eigenvalue weighted by atomic mass is 16.5. The predicted octanol–water partition coefficient (Wildman–Crippen LogP) is 0.463. The fourth-order valence-electron chi connectivity index (χ4n) is 1.04. The van der Waals surface area contributed by atoms with Gasteiger partial charge >= 0.3 is 5.97 Å². The van der Waals surface area contributed by atoms with Gasteiger partial charge in [-0.3, -0.25) is 0 Å². The summed E-state index contributed by atoms with van der Waals surface area (Å²) < 4.78 is 4.77. The molecule has 0 radical (unpaired) electrons. The topological polar surface area (TPSA) is 98.3 Å². The second-order valence-corrected chi connectivity index (χ2v) is 3.77. The Bertz CT molecular complexity index is 399. The molecule has 1 heterocycles. The van der Waals surface area contributed by atoms with Crippen LogP contribution in [0.4, 0.5) is 5.82 Å². The van der Waals surface area contributed by atoms with E-state index in [-0.39, 0.29) is 23.8 Å². The fraction of sp³-hybridized carbons (Fsp3) is 0.500. The molecule has 0 aliphatic carbocycles. The molecular weight excluding hydrogens is 210 g/mol. The number of hydrogen-bond acceptors (Lipinski definition) is 6. The Morgan fingerprint density at radius 1 is 1.62 bits per heavy atom. The van der Waals surface area contributed by atoms with E-state index in [9.17, 15) is 9.90 Å². The van der Waals surface area contributed by atoms with Crippen LogP contribution in [0.5, 0.6) is 0 Å². The quantitative estimate of drug-likeness (QED) is 0.725. The van der Waals surface area contributed by atoms with Gasteiger partial charge in [0.1, 0.15) is 5.60 Å². The number of nitrogen functional groups attached to an aromatic ring is 1. The summed E-state index contributed by atoms with van der Waals surface area (Å²) in [5.74, 6) is -0.648. The van der Waals surface area contributed by atoms with E-state index >= 15 is 0 Å². The van der Waals surface area contributed by atoms with Crippen LogP contribution in [-0.4, -0.2) is 27.7 Å². The van der Waals surface area contributed by atoms with Crippen molar-refractivity contribution >= 4 is 11.8 Å². The number of aliphatic hydroxyl groups is 1. The van der Waals surface area contributed by atoms with E-state index in [0.717, 1.165) is 0 Å². The number of esters is 1. The van der Waals surface area contributed by atoms with Gasteiger partial charge < -0.3 is 15.6 Å². The largest absolute Gasteiger partial charge is 0.461 e. The molecule has 88 valence electrons. The molecule has 0 saturated heterocycles. The first-order chi connectivity index (χ1) is 7.36. The molecule has 0 spiro atoms.